The highest BCUT2D eigenvalue weighted by Crippen LogP contribution is 2.36. The van der Waals surface area contributed by atoms with Crippen LogP contribution in [0.1, 0.15) is 46.0 Å². The van der Waals surface area contributed by atoms with Crippen molar-refractivity contribution in [3.05, 3.63) is 0 Å². The van der Waals surface area contributed by atoms with Gasteiger partial charge in [-0.15, -0.1) is 11.8 Å². The number of carboxylic acids is 1. The predicted molar refractivity (Wildman–Crippen MR) is 75.2 cm³/mol. The highest BCUT2D eigenvalue weighted by molar-refractivity contribution is 8.00. The molecule has 5 nitrogen and oxygen atoms in total. The Hall–Kier alpha value is -0.910. The highest BCUT2D eigenvalue weighted by Gasteiger charge is 2.44. The van der Waals surface area contributed by atoms with Gasteiger partial charge in [0.1, 0.15) is 6.04 Å². The summed E-state index contributed by atoms with van der Waals surface area (Å²) in [6.45, 7) is 4.06. The van der Waals surface area contributed by atoms with Crippen molar-refractivity contribution < 1.29 is 14.7 Å². The second-order valence-corrected chi connectivity index (χ2v) is 6.59. The summed E-state index contributed by atoms with van der Waals surface area (Å²) < 4.78 is 0. The number of carbonyl (C=O) groups is 2. The van der Waals surface area contributed by atoms with Crippen molar-refractivity contribution in [2.24, 2.45) is 0 Å². The summed E-state index contributed by atoms with van der Waals surface area (Å²) in [5.41, 5.74) is -0.0916. The minimum atomic E-state index is -0.905. The molecule has 2 unspecified atom stereocenters. The summed E-state index contributed by atoms with van der Waals surface area (Å²) in [7, 11) is 0. The monoisotopic (exact) mass is 286 g/mol. The summed E-state index contributed by atoms with van der Waals surface area (Å²) >= 11 is 1.56. The molecule has 1 saturated heterocycles. The third-order valence-corrected chi connectivity index (χ3v) is 5.77. The van der Waals surface area contributed by atoms with Crippen LogP contribution in [0.25, 0.3) is 0 Å². The quantitative estimate of drug-likeness (QED) is 0.831. The molecule has 0 spiro atoms. The van der Waals surface area contributed by atoms with Gasteiger partial charge in [-0.1, -0.05) is 13.8 Å². The van der Waals surface area contributed by atoms with Gasteiger partial charge < -0.3 is 10.4 Å². The van der Waals surface area contributed by atoms with Crippen molar-refractivity contribution >= 4 is 23.8 Å². The van der Waals surface area contributed by atoms with Gasteiger partial charge in [-0.2, -0.15) is 0 Å². The zero-order valence-electron chi connectivity index (χ0n) is 11.5. The lowest BCUT2D eigenvalue weighted by atomic mass is 9.75. The van der Waals surface area contributed by atoms with Crippen molar-refractivity contribution in [1.82, 2.24) is 10.2 Å². The number of nitrogens with one attached hydrogen (secondary N) is 1. The molecule has 0 aromatic heterocycles. The van der Waals surface area contributed by atoms with Gasteiger partial charge in [0.25, 0.3) is 0 Å². The van der Waals surface area contributed by atoms with Crippen molar-refractivity contribution in [1.29, 1.82) is 0 Å². The molecule has 1 aliphatic heterocycles. The number of hydrogen-bond donors (Lipinski definition) is 2. The second kappa shape index (κ2) is 5.61. The molecule has 1 aliphatic carbocycles. The van der Waals surface area contributed by atoms with E-state index in [9.17, 15) is 14.7 Å². The maximum absolute atomic E-state index is 12.4. The molecule has 1 heterocycles. The van der Waals surface area contributed by atoms with E-state index in [4.69, 9.17) is 0 Å². The number of rotatable bonds is 4. The van der Waals surface area contributed by atoms with Crippen molar-refractivity contribution in [3.8, 4) is 0 Å². The molecular formula is C13H22N2O3S. The van der Waals surface area contributed by atoms with Gasteiger partial charge in [0, 0.05) is 11.3 Å². The highest BCUT2D eigenvalue weighted by atomic mass is 32.2. The maximum Gasteiger partial charge on any atom is 0.327 e. The fraction of sp³-hybridized carbons (Fsp3) is 0.846. The van der Waals surface area contributed by atoms with E-state index in [1.54, 1.807) is 11.8 Å². The van der Waals surface area contributed by atoms with Gasteiger partial charge in [-0.3, -0.25) is 4.90 Å². The molecule has 19 heavy (non-hydrogen) atoms. The van der Waals surface area contributed by atoms with E-state index >= 15 is 0 Å². The average Bonchev–Trinajstić information content (AvgIpc) is 2.77. The number of thioether (sulfide) groups is 1. The summed E-state index contributed by atoms with van der Waals surface area (Å²) in [5.74, 6) is -0.418. The van der Waals surface area contributed by atoms with Crippen molar-refractivity contribution in [2.45, 2.75) is 62.9 Å². The van der Waals surface area contributed by atoms with Crippen LogP contribution in [0.5, 0.6) is 0 Å². The van der Waals surface area contributed by atoms with Gasteiger partial charge in [0.2, 0.25) is 0 Å². The first kappa shape index (κ1) is 14.5. The average molecular weight is 286 g/mol. The maximum atomic E-state index is 12.4. The molecule has 0 bridgehead atoms. The van der Waals surface area contributed by atoms with E-state index in [0.29, 0.717) is 5.75 Å². The molecule has 0 aromatic carbocycles. The number of carbonyl (C=O) groups excluding carboxylic acids is 1. The van der Waals surface area contributed by atoms with Crippen LogP contribution in [0, 0.1) is 0 Å². The Kier molecular flexibility index (Phi) is 4.28. The van der Waals surface area contributed by atoms with Crippen LogP contribution in [-0.4, -0.2) is 44.7 Å². The van der Waals surface area contributed by atoms with E-state index in [1.165, 1.54) is 4.90 Å². The molecule has 2 rings (SSSR count). The Bertz CT molecular complexity index is 365. The smallest absolute Gasteiger partial charge is 0.327 e. The molecule has 0 radical (unpaired) electrons. The lowest BCUT2D eigenvalue weighted by molar-refractivity contribution is -0.141. The second-order valence-electron chi connectivity index (χ2n) is 5.38. The Labute approximate surface area is 118 Å². The van der Waals surface area contributed by atoms with Crippen LogP contribution in [-0.2, 0) is 4.79 Å². The summed E-state index contributed by atoms with van der Waals surface area (Å²) in [5, 5.41) is 12.3. The lowest BCUT2D eigenvalue weighted by Crippen LogP contribution is -2.59. The van der Waals surface area contributed by atoms with E-state index in [0.717, 1.165) is 32.1 Å². The van der Waals surface area contributed by atoms with Crippen molar-refractivity contribution in [3.63, 3.8) is 0 Å². The van der Waals surface area contributed by atoms with Gasteiger partial charge in [-0.05, 0) is 32.1 Å². The standard InChI is InChI=1S/C13H22N2O3S/c1-3-10-15(9(8-19-10)11(16)17)12(18)14-13(4-2)6-5-7-13/h9-10H,3-8H2,1-2H3,(H,14,18)(H,16,17). The van der Waals surface area contributed by atoms with Crippen LogP contribution in [0.3, 0.4) is 0 Å². The molecule has 108 valence electrons. The molecule has 1 saturated carbocycles. The Morgan fingerprint density at radius 2 is 2.11 bits per heavy atom. The zero-order chi connectivity index (χ0) is 14.0. The number of amides is 2. The van der Waals surface area contributed by atoms with Gasteiger partial charge in [0.15, 0.2) is 0 Å². The fourth-order valence-corrected chi connectivity index (χ4v) is 4.15. The number of urea groups is 1. The Morgan fingerprint density at radius 1 is 1.42 bits per heavy atom. The van der Waals surface area contributed by atoms with Gasteiger partial charge >= 0.3 is 12.0 Å². The molecule has 2 aliphatic rings. The minimum absolute atomic E-state index is 0.0184. The van der Waals surface area contributed by atoms with E-state index < -0.39 is 12.0 Å². The first-order valence-corrected chi connectivity index (χ1v) is 8.03. The van der Waals surface area contributed by atoms with Gasteiger partial charge in [0.05, 0.1) is 5.37 Å². The van der Waals surface area contributed by atoms with Crippen LogP contribution in [0.15, 0.2) is 0 Å². The fourth-order valence-electron chi connectivity index (χ4n) is 2.80. The molecule has 2 fully saturated rings. The summed E-state index contributed by atoms with van der Waals surface area (Å²) in [6, 6.07) is -0.894. The number of nitrogens with zero attached hydrogens (tertiary/aromatic N) is 1. The van der Waals surface area contributed by atoms with Crippen molar-refractivity contribution in [2.75, 3.05) is 5.75 Å². The SMILES string of the molecule is CCC1SCC(C(=O)O)N1C(=O)NC1(CC)CCC1. The minimum Gasteiger partial charge on any atom is -0.480 e. The van der Waals surface area contributed by atoms with Crippen LogP contribution in [0.2, 0.25) is 0 Å². The molecule has 2 atom stereocenters. The molecule has 2 N–H and O–H groups in total. The van der Waals surface area contributed by atoms with E-state index in [1.807, 2.05) is 6.92 Å². The third kappa shape index (κ3) is 2.68. The molecule has 2 amide bonds. The molecule has 0 aromatic rings. The topological polar surface area (TPSA) is 69.6 Å². The molecular weight excluding hydrogens is 264 g/mol. The van der Waals surface area contributed by atoms with Crippen LogP contribution >= 0.6 is 11.8 Å². The number of hydrogen-bond acceptors (Lipinski definition) is 3. The third-order valence-electron chi connectivity index (χ3n) is 4.32. The number of aliphatic carboxylic acids is 1. The zero-order valence-corrected chi connectivity index (χ0v) is 12.3. The first-order valence-electron chi connectivity index (χ1n) is 6.98. The largest absolute Gasteiger partial charge is 0.480 e. The summed E-state index contributed by atoms with van der Waals surface area (Å²) in [6.07, 6.45) is 4.84. The Morgan fingerprint density at radius 3 is 2.53 bits per heavy atom. The van der Waals surface area contributed by atoms with E-state index in [-0.39, 0.29) is 16.9 Å². The number of carboxylic acid groups (broad SMARTS) is 1. The first-order chi connectivity index (χ1) is 9.03. The summed E-state index contributed by atoms with van der Waals surface area (Å²) in [4.78, 5) is 25.2. The van der Waals surface area contributed by atoms with Crippen LogP contribution < -0.4 is 5.32 Å². The Balaban J connectivity index is 2.08. The predicted octanol–water partition coefficient (Wildman–Crippen LogP) is 2.27. The van der Waals surface area contributed by atoms with E-state index in [2.05, 4.69) is 12.2 Å². The van der Waals surface area contributed by atoms with Gasteiger partial charge in [-0.25, -0.2) is 9.59 Å². The lowest BCUT2D eigenvalue weighted by Gasteiger charge is -2.43. The molecule has 6 heteroatoms. The van der Waals surface area contributed by atoms with Crippen LogP contribution in [0.4, 0.5) is 4.79 Å². The normalized spacial score (nSPS) is 28.8.